The first-order chi connectivity index (χ1) is 10.7. The fourth-order valence-electron chi connectivity index (χ4n) is 5.17. The van der Waals surface area contributed by atoms with Crippen LogP contribution in [-0.2, 0) is 4.84 Å². The smallest absolute Gasteiger partial charge is 0.107 e. The van der Waals surface area contributed by atoms with E-state index in [2.05, 4.69) is 13.8 Å². The van der Waals surface area contributed by atoms with Crippen molar-refractivity contribution in [1.82, 2.24) is 0 Å². The van der Waals surface area contributed by atoms with Crippen molar-refractivity contribution in [3.05, 3.63) is 5.21 Å². The predicted octanol–water partition coefficient (Wildman–Crippen LogP) is 3.98. The van der Waals surface area contributed by atoms with Crippen LogP contribution in [0, 0.1) is 34.8 Å². The van der Waals surface area contributed by atoms with Gasteiger partial charge in [-0.1, -0.05) is 58.8 Å². The van der Waals surface area contributed by atoms with Crippen LogP contribution in [0.15, 0.2) is 0 Å². The third kappa shape index (κ3) is 4.69. The molecule has 22 heavy (non-hydrogen) atoms. The second-order valence-electron chi connectivity index (χ2n) is 7.87. The molecule has 2 rings (SSSR count). The Morgan fingerprint density at radius 1 is 1.23 bits per heavy atom. The predicted molar refractivity (Wildman–Crippen MR) is 91.2 cm³/mol. The molecule has 2 fully saturated rings. The SMILES string of the molecule is CCCCC[C@@H]1CC2CCCCC([C@H](C)CC[NH+]([O-])OC)C21. The van der Waals surface area contributed by atoms with E-state index in [1.54, 1.807) is 0 Å². The average molecular weight is 312 g/mol. The Kier molecular flexibility index (Phi) is 7.66. The minimum atomic E-state index is -0.0369. The van der Waals surface area contributed by atoms with Gasteiger partial charge in [0.25, 0.3) is 0 Å². The molecule has 0 aromatic heterocycles. The third-order valence-electron chi connectivity index (χ3n) is 6.49. The van der Waals surface area contributed by atoms with Crippen LogP contribution in [0.25, 0.3) is 0 Å². The molecule has 0 aromatic carbocycles. The quantitative estimate of drug-likeness (QED) is 0.516. The van der Waals surface area contributed by atoms with Crippen LogP contribution in [0.2, 0.25) is 0 Å². The number of hydroxylamine groups is 2. The summed E-state index contributed by atoms with van der Waals surface area (Å²) >= 11 is 0. The summed E-state index contributed by atoms with van der Waals surface area (Å²) in [6, 6.07) is 0. The molecule has 0 saturated heterocycles. The van der Waals surface area contributed by atoms with Crippen LogP contribution in [0.4, 0.5) is 0 Å². The molecular formula is C19H37NO2. The summed E-state index contributed by atoms with van der Waals surface area (Å²) in [7, 11) is 1.50. The van der Waals surface area contributed by atoms with Gasteiger partial charge in [0, 0.05) is 6.42 Å². The van der Waals surface area contributed by atoms with Gasteiger partial charge in [0.1, 0.15) is 6.54 Å². The standard InChI is InChI=1S/C19H37NO2/c1-4-5-6-9-16-14-17-10-7-8-11-18(19(16)17)15(2)12-13-20(21)22-3/h15-20H,4-14H2,1-3H3/t15-,16-,17?,18?,19?/m1/s1. The van der Waals surface area contributed by atoms with Gasteiger partial charge in [-0.05, 0) is 42.4 Å². The Hall–Kier alpha value is -0.120. The molecule has 130 valence electrons. The Morgan fingerprint density at radius 2 is 2.00 bits per heavy atom. The maximum Gasteiger partial charge on any atom is 0.107 e. The van der Waals surface area contributed by atoms with Crippen LogP contribution in [-0.4, -0.2) is 13.7 Å². The summed E-state index contributed by atoms with van der Waals surface area (Å²) in [6.07, 6.45) is 13.8. The number of hydrogen-bond donors (Lipinski definition) is 1. The summed E-state index contributed by atoms with van der Waals surface area (Å²) in [5.74, 6) is 4.49. The van der Waals surface area contributed by atoms with E-state index in [1.165, 1.54) is 64.9 Å². The highest BCUT2D eigenvalue weighted by Gasteiger charge is 2.46. The third-order valence-corrected chi connectivity index (χ3v) is 6.49. The lowest BCUT2D eigenvalue weighted by Crippen LogP contribution is -3.05. The molecule has 4 unspecified atom stereocenters. The Morgan fingerprint density at radius 3 is 2.73 bits per heavy atom. The maximum atomic E-state index is 11.4. The van der Waals surface area contributed by atoms with Crippen molar-refractivity contribution in [1.29, 1.82) is 0 Å². The van der Waals surface area contributed by atoms with E-state index in [4.69, 9.17) is 4.84 Å². The van der Waals surface area contributed by atoms with E-state index in [-0.39, 0.29) is 5.23 Å². The van der Waals surface area contributed by atoms with Crippen LogP contribution < -0.4 is 5.23 Å². The van der Waals surface area contributed by atoms with Crippen LogP contribution in [0.3, 0.4) is 0 Å². The van der Waals surface area contributed by atoms with Gasteiger partial charge in [0.15, 0.2) is 0 Å². The zero-order chi connectivity index (χ0) is 15.9. The minimum Gasteiger partial charge on any atom is -0.600 e. The van der Waals surface area contributed by atoms with Crippen molar-refractivity contribution < 1.29 is 10.1 Å². The molecule has 2 saturated carbocycles. The molecule has 1 N–H and O–H groups in total. The normalized spacial score (nSPS) is 34.4. The highest BCUT2D eigenvalue weighted by Crippen LogP contribution is 2.54. The molecule has 2 aliphatic carbocycles. The van der Waals surface area contributed by atoms with Crippen LogP contribution in [0.5, 0.6) is 0 Å². The highest BCUT2D eigenvalue weighted by atomic mass is 16.9. The highest BCUT2D eigenvalue weighted by molar-refractivity contribution is 4.95. The van der Waals surface area contributed by atoms with Gasteiger partial charge in [0.05, 0.1) is 7.11 Å². The fourth-order valence-corrected chi connectivity index (χ4v) is 5.17. The molecule has 0 aliphatic heterocycles. The van der Waals surface area contributed by atoms with E-state index in [0.717, 1.165) is 30.1 Å². The van der Waals surface area contributed by atoms with Gasteiger partial charge < -0.3 is 5.21 Å². The molecule has 3 nitrogen and oxygen atoms in total. The van der Waals surface area contributed by atoms with Gasteiger partial charge in [-0.15, -0.1) is 0 Å². The topological polar surface area (TPSA) is 36.7 Å². The first kappa shape index (κ1) is 18.2. The molecule has 3 heteroatoms. The molecule has 0 aromatic rings. The lowest BCUT2D eigenvalue weighted by molar-refractivity contribution is -1.05. The van der Waals surface area contributed by atoms with E-state index < -0.39 is 0 Å². The number of nitrogens with one attached hydrogen (secondary N) is 1. The lowest BCUT2D eigenvalue weighted by atomic mass is 9.55. The van der Waals surface area contributed by atoms with Crippen LogP contribution in [0.1, 0.15) is 78.1 Å². The molecule has 2 aliphatic rings. The van der Waals surface area contributed by atoms with Gasteiger partial charge in [-0.2, -0.15) is 0 Å². The van der Waals surface area contributed by atoms with E-state index in [9.17, 15) is 5.21 Å². The van der Waals surface area contributed by atoms with Crippen molar-refractivity contribution in [3.8, 4) is 0 Å². The van der Waals surface area contributed by atoms with Crippen molar-refractivity contribution in [3.63, 3.8) is 0 Å². The molecule has 0 amide bonds. The number of unbranched alkanes of at least 4 members (excludes halogenated alkanes) is 2. The first-order valence-electron chi connectivity index (χ1n) is 9.74. The van der Waals surface area contributed by atoms with Crippen molar-refractivity contribution in [2.24, 2.45) is 29.6 Å². The van der Waals surface area contributed by atoms with Gasteiger partial charge in [0.2, 0.25) is 0 Å². The van der Waals surface area contributed by atoms with Crippen molar-refractivity contribution in [2.75, 3.05) is 13.7 Å². The Labute approximate surface area is 137 Å². The first-order valence-corrected chi connectivity index (χ1v) is 9.74. The molecule has 0 bridgehead atoms. The summed E-state index contributed by atoms with van der Waals surface area (Å²) in [6.45, 7) is 5.29. The molecule has 0 spiro atoms. The number of fused-ring (bicyclic) bond motifs is 1. The van der Waals surface area contributed by atoms with E-state index >= 15 is 0 Å². The molecule has 6 atom stereocenters. The van der Waals surface area contributed by atoms with Gasteiger partial charge in [-0.3, -0.25) is 0 Å². The monoisotopic (exact) mass is 311 g/mol. The van der Waals surface area contributed by atoms with E-state index in [1.807, 2.05) is 0 Å². The lowest BCUT2D eigenvalue weighted by Gasteiger charge is -2.50. The summed E-state index contributed by atoms with van der Waals surface area (Å²) in [5.41, 5.74) is 0. The average Bonchev–Trinajstić information content (AvgIpc) is 2.67. The minimum absolute atomic E-state index is 0.0369. The molecule has 0 heterocycles. The van der Waals surface area contributed by atoms with Gasteiger partial charge >= 0.3 is 0 Å². The van der Waals surface area contributed by atoms with Crippen LogP contribution >= 0.6 is 0 Å². The number of rotatable bonds is 9. The van der Waals surface area contributed by atoms with Gasteiger partial charge in [-0.25, -0.2) is 10.1 Å². The fraction of sp³-hybridized carbons (Fsp3) is 1.00. The second-order valence-corrected chi connectivity index (χ2v) is 7.87. The summed E-state index contributed by atoms with van der Waals surface area (Å²) < 4.78 is 0. The zero-order valence-corrected chi connectivity index (χ0v) is 15.0. The zero-order valence-electron chi connectivity index (χ0n) is 15.0. The summed E-state index contributed by atoms with van der Waals surface area (Å²) in [4.78, 5) is 4.82. The van der Waals surface area contributed by atoms with Crippen molar-refractivity contribution in [2.45, 2.75) is 78.1 Å². The second kappa shape index (κ2) is 9.24. The molecular weight excluding hydrogens is 274 g/mol. The van der Waals surface area contributed by atoms with E-state index in [0.29, 0.717) is 12.5 Å². The molecule has 0 radical (unpaired) electrons. The Balaban J connectivity index is 1.88. The largest absolute Gasteiger partial charge is 0.600 e. The summed E-state index contributed by atoms with van der Waals surface area (Å²) in [5, 5.41) is 11.4. The number of quaternary nitrogens is 1. The maximum absolute atomic E-state index is 11.4. The Bertz CT molecular complexity index is 310. The number of hydrogen-bond acceptors (Lipinski definition) is 2. The van der Waals surface area contributed by atoms with Crippen molar-refractivity contribution >= 4 is 0 Å².